The van der Waals surface area contributed by atoms with E-state index in [1.54, 1.807) is 0 Å². The molecule has 0 amide bonds. The Morgan fingerprint density at radius 3 is 2.79 bits per heavy atom. The van der Waals surface area contributed by atoms with Gasteiger partial charge in [-0.3, -0.25) is 0 Å². The first kappa shape index (κ1) is 10.7. The van der Waals surface area contributed by atoms with Crippen molar-refractivity contribution in [3.05, 3.63) is 0 Å². The molecule has 0 aromatic rings. The second-order valence-corrected chi connectivity index (χ2v) is 5.65. The van der Waals surface area contributed by atoms with E-state index in [1.165, 1.54) is 12.8 Å². The van der Waals surface area contributed by atoms with Gasteiger partial charge >= 0.3 is 0 Å². The molecule has 1 aliphatic heterocycles. The van der Waals surface area contributed by atoms with Crippen LogP contribution in [0.5, 0.6) is 0 Å². The van der Waals surface area contributed by atoms with Crippen LogP contribution in [0.4, 0.5) is 0 Å². The molecule has 2 nitrogen and oxygen atoms in total. The number of hydrogen-bond acceptors (Lipinski definition) is 2. The summed E-state index contributed by atoms with van der Waals surface area (Å²) in [6.07, 6.45) is 3.98. The van der Waals surface area contributed by atoms with Crippen molar-refractivity contribution in [2.45, 2.75) is 50.6 Å². The minimum absolute atomic E-state index is 0.250. The summed E-state index contributed by atoms with van der Waals surface area (Å²) < 4.78 is 5.57. The molecule has 0 spiro atoms. The molecule has 0 bridgehead atoms. The van der Waals surface area contributed by atoms with Crippen LogP contribution in [0.3, 0.4) is 0 Å². The molecule has 0 radical (unpaired) electrons. The lowest BCUT2D eigenvalue weighted by Gasteiger charge is -2.49. The van der Waals surface area contributed by atoms with Crippen LogP contribution in [0.1, 0.15) is 33.1 Å². The maximum atomic E-state index is 6.16. The number of rotatable bonds is 3. The van der Waals surface area contributed by atoms with Gasteiger partial charge in [0.25, 0.3) is 0 Å². The quantitative estimate of drug-likeness (QED) is 0.732. The van der Waals surface area contributed by atoms with Gasteiger partial charge in [-0.2, -0.15) is 0 Å². The molecule has 0 aromatic carbocycles. The molecule has 1 aliphatic carbocycles. The van der Waals surface area contributed by atoms with E-state index in [0.29, 0.717) is 17.5 Å². The van der Waals surface area contributed by atoms with Gasteiger partial charge in [0.2, 0.25) is 0 Å². The van der Waals surface area contributed by atoms with E-state index in [0.717, 1.165) is 19.6 Å². The molecular formula is C11H20ClNO. The maximum Gasteiger partial charge on any atom is 0.0700 e. The fourth-order valence-corrected chi connectivity index (χ4v) is 2.63. The van der Waals surface area contributed by atoms with E-state index in [-0.39, 0.29) is 5.41 Å². The summed E-state index contributed by atoms with van der Waals surface area (Å²) >= 11 is 6.16. The summed E-state index contributed by atoms with van der Waals surface area (Å²) in [5.74, 6) is 0. The molecule has 2 aliphatic rings. The number of halogens is 1. The topological polar surface area (TPSA) is 21.3 Å². The molecule has 1 N–H and O–H groups in total. The summed E-state index contributed by atoms with van der Waals surface area (Å²) in [6, 6.07) is 0.578. The van der Waals surface area contributed by atoms with E-state index >= 15 is 0 Å². The summed E-state index contributed by atoms with van der Waals surface area (Å²) in [5.41, 5.74) is 0.250. The first-order valence-electron chi connectivity index (χ1n) is 5.60. The molecule has 3 atom stereocenters. The number of ether oxygens (including phenoxy) is 1. The summed E-state index contributed by atoms with van der Waals surface area (Å²) in [5, 5.41) is 3.91. The van der Waals surface area contributed by atoms with Crippen LogP contribution in [0.2, 0.25) is 0 Å². The zero-order valence-electron chi connectivity index (χ0n) is 9.05. The second-order valence-electron chi connectivity index (χ2n) is 5.12. The van der Waals surface area contributed by atoms with Crippen LogP contribution in [-0.2, 0) is 4.74 Å². The number of alkyl halides is 1. The van der Waals surface area contributed by atoms with E-state index in [9.17, 15) is 0 Å². The standard InChI is InChI=1S/C11H20ClNO/c1-11(2)9(12)6-10(11)13-7-8-4-3-5-14-8/h8-10,13H,3-7H2,1-2H3. The maximum absolute atomic E-state index is 6.16. The average Bonchev–Trinajstić information content (AvgIpc) is 2.64. The van der Waals surface area contributed by atoms with Crippen molar-refractivity contribution >= 4 is 11.6 Å². The number of hydrogen-bond donors (Lipinski definition) is 1. The Kier molecular flexibility index (Phi) is 3.06. The first-order chi connectivity index (χ1) is 6.60. The summed E-state index contributed by atoms with van der Waals surface area (Å²) in [7, 11) is 0. The molecule has 82 valence electrons. The van der Waals surface area contributed by atoms with Gasteiger partial charge in [-0.25, -0.2) is 0 Å². The Hall–Kier alpha value is 0.210. The largest absolute Gasteiger partial charge is 0.377 e. The molecule has 2 fully saturated rings. The van der Waals surface area contributed by atoms with Gasteiger partial charge < -0.3 is 10.1 Å². The van der Waals surface area contributed by atoms with Crippen molar-refractivity contribution in [2.24, 2.45) is 5.41 Å². The third-order valence-corrected chi connectivity index (χ3v) is 4.50. The zero-order chi connectivity index (χ0) is 10.2. The Morgan fingerprint density at radius 1 is 1.50 bits per heavy atom. The van der Waals surface area contributed by atoms with Crippen LogP contribution in [0.15, 0.2) is 0 Å². The molecule has 0 aromatic heterocycles. The van der Waals surface area contributed by atoms with Crippen molar-refractivity contribution in [1.29, 1.82) is 0 Å². The van der Waals surface area contributed by atoms with Crippen LogP contribution in [0, 0.1) is 5.41 Å². The Morgan fingerprint density at radius 2 is 2.29 bits per heavy atom. The van der Waals surface area contributed by atoms with Gasteiger partial charge in [-0.05, 0) is 24.7 Å². The van der Waals surface area contributed by atoms with Crippen LogP contribution in [0.25, 0.3) is 0 Å². The van der Waals surface area contributed by atoms with E-state index in [2.05, 4.69) is 19.2 Å². The highest BCUT2D eigenvalue weighted by Crippen LogP contribution is 2.44. The monoisotopic (exact) mass is 217 g/mol. The lowest BCUT2D eigenvalue weighted by Crippen LogP contribution is -2.58. The van der Waals surface area contributed by atoms with Crippen molar-refractivity contribution in [3.63, 3.8) is 0 Å². The Bertz CT molecular complexity index is 201. The highest BCUT2D eigenvalue weighted by Gasteiger charge is 2.46. The molecule has 1 saturated heterocycles. The Labute approximate surface area is 91.3 Å². The van der Waals surface area contributed by atoms with Gasteiger partial charge in [0.15, 0.2) is 0 Å². The smallest absolute Gasteiger partial charge is 0.0700 e. The molecule has 1 heterocycles. The second kappa shape index (κ2) is 3.99. The highest BCUT2D eigenvalue weighted by atomic mass is 35.5. The van der Waals surface area contributed by atoms with Gasteiger partial charge in [-0.1, -0.05) is 13.8 Å². The number of nitrogens with one attached hydrogen (secondary N) is 1. The molecular weight excluding hydrogens is 198 g/mol. The van der Waals surface area contributed by atoms with Crippen molar-refractivity contribution in [1.82, 2.24) is 5.32 Å². The minimum atomic E-state index is 0.250. The van der Waals surface area contributed by atoms with Crippen molar-refractivity contribution in [2.75, 3.05) is 13.2 Å². The van der Waals surface area contributed by atoms with Gasteiger partial charge in [0, 0.05) is 24.6 Å². The minimum Gasteiger partial charge on any atom is -0.377 e. The summed E-state index contributed by atoms with van der Waals surface area (Å²) in [6.45, 7) is 6.42. The van der Waals surface area contributed by atoms with Crippen LogP contribution in [-0.4, -0.2) is 30.7 Å². The third-order valence-electron chi connectivity index (χ3n) is 3.76. The lowest BCUT2D eigenvalue weighted by atomic mass is 9.67. The first-order valence-corrected chi connectivity index (χ1v) is 6.03. The van der Waals surface area contributed by atoms with Gasteiger partial charge in [0.05, 0.1) is 6.10 Å². The third kappa shape index (κ3) is 1.93. The average molecular weight is 218 g/mol. The fraction of sp³-hybridized carbons (Fsp3) is 1.00. The lowest BCUT2D eigenvalue weighted by molar-refractivity contribution is 0.0740. The molecule has 2 rings (SSSR count). The van der Waals surface area contributed by atoms with Gasteiger partial charge in [-0.15, -0.1) is 11.6 Å². The highest BCUT2D eigenvalue weighted by molar-refractivity contribution is 6.21. The fourth-order valence-electron chi connectivity index (χ4n) is 2.30. The van der Waals surface area contributed by atoms with E-state index in [1.807, 2.05) is 0 Å². The Balaban J connectivity index is 1.71. The van der Waals surface area contributed by atoms with Crippen LogP contribution < -0.4 is 5.32 Å². The molecule has 3 heteroatoms. The van der Waals surface area contributed by atoms with E-state index in [4.69, 9.17) is 16.3 Å². The summed E-state index contributed by atoms with van der Waals surface area (Å²) in [4.78, 5) is 0. The van der Waals surface area contributed by atoms with Gasteiger partial charge in [0.1, 0.15) is 0 Å². The SMILES string of the molecule is CC1(C)C(Cl)CC1NCC1CCCO1. The predicted molar refractivity (Wildman–Crippen MR) is 58.8 cm³/mol. The van der Waals surface area contributed by atoms with Crippen molar-refractivity contribution < 1.29 is 4.74 Å². The van der Waals surface area contributed by atoms with E-state index < -0.39 is 0 Å². The molecule has 3 unspecified atom stereocenters. The zero-order valence-corrected chi connectivity index (χ0v) is 9.81. The molecule has 1 saturated carbocycles. The normalized spacial score (nSPS) is 40.9. The predicted octanol–water partition coefficient (Wildman–Crippen LogP) is 2.16. The molecule has 14 heavy (non-hydrogen) atoms. The van der Waals surface area contributed by atoms with Crippen LogP contribution >= 0.6 is 11.6 Å². The van der Waals surface area contributed by atoms with Crippen molar-refractivity contribution in [3.8, 4) is 0 Å².